The molecule has 0 aliphatic heterocycles. The number of carbonyl (C=O) groups is 2. The smallest absolute Gasteiger partial charge is 0.227 e. The molecular weight excluding hydrogens is 464 g/mol. The number of rotatable bonds is 8. The number of carbonyl (C=O) groups excluding carboxylic acids is 2. The van der Waals surface area contributed by atoms with Crippen molar-refractivity contribution in [3.05, 3.63) is 82.5 Å². The fraction of sp³-hybridized carbons (Fsp3) is 0.407. The summed E-state index contributed by atoms with van der Waals surface area (Å²) in [5, 5.41) is 11.1. The van der Waals surface area contributed by atoms with Gasteiger partial charge in [0.1, 0.15) is 5.54 Å². The van der Waals surface area contributed by atoms with E-state index in [0.29, 0.717) is 23.2 Å². The molecule has 3 aromatic rings. The Hall–Kier alpha value is -3.19. The second kappa shape index (κ2) is 11.5. The Labute approximate surface area is 210 Å². The monoisotopic (exact) mass is 494 g/mol. The van der Waals surface area contributed by atoms with E-state index in [1.54, 1.807) is 0 Å². The molecule has 8 heteroatoms. The minimum absolute atomic E-state index is 0.105. The number of hydrogen-bond acceptors (Lipinski definition) is 5. The molecule has 0 radical (unpaired) electrons. The van der Waals surface area contributed by atoms with Gasteiger partial charge in [0, 0.05) is 24.8 Å². The van der Waals surface area contributed by atoms with Crippen molar-refractivity contribution in [2.24, 2.45) is 0 Å². The minimum atomic E-state index is -0.598. The molecule has 0 bridgehead atoms. The van der Waals surface area contributed by atoms with Crippen LogP contribution in [0.1, 0.15) is 80.8 Å². The summed E-state index contributed by atoms with van der Waals surface area (Å²) < 4.78 is 5.50. The van der Waals surface area contributed by atoms with Gasteiger partial charge in [-0.2, -0.15) is 4.98 Å². The van der Waals surface area contributed by atoms with Crippen LogP contribution in [0.25, 0.3) is 0 Å². The van der Waals surface area contributed by atoms with Gasteiger partial charge in [0.25, 0.3) is 0 Å². The van der Waals surface area contributed by atoms with Crippen molar-refractivity contribution >= 4 is 23.4 Å². The molecule has 0 saturated heterocycles. The Morgan fingerprint density at radius 3 is 2.31 bits per heavy atom. The highest BCUT2D eigenvalue weighted by atomic mass is 35.5. The molecule has 7 nitrogen and oxygen atoms in total. The second-order valence-corrected chi connectivity index (χ2v) is 9.59. The molecule has 1 aliphatic rings. The van der Waals surface area contributed by atoms with E-state index >= 15 is 0 Å². The van der Waals surface area contributed by atoms with Gasteiger partial charge in [-0.25, -0.2) is 0 Å². The summed E-state index contributed by atoms with van der Waals surface area (Å²) in [5.41, 5.74) is 1.33. The normalized spacial score (nSPS) is 16.2. The number of aryl methyl sites for hydroxylation is 1. The number of halogens is 1. The fourth-order valence-electron chi connectivity index (χ4n) is 4.74. The van der Waals surface area contributed by atoms with E-state index in [2.05, 4.69) is 20.8 Å². The number of nitrogens with one attached hydrogen (secondary N) is 2. The molecular formula is C27H31ClN4O3. The summed E-state index contributed by atoms with van der Waals surface area (Å²) in [7, 11) is 0. The first-order chi connectivity index (χ1) is 16.9. The molecule has 1 aromatic heterocycles. The topological polar surface area (TPSA) is 97.1 Å². The van der Waals surface area contributed by atoms with Crippen molar-refractivity contribution in [3.8, 4) is 0 Å². The minimum Gasteiger partial charge on any atom is -0.345 e. The van der Waals surface area contributed by atoms with E-state index in [4.69, 9.17) is 16.1 Å². The standard InChI is InChI=1S/C27H31ClN4O3/c1-19(33)31-27(17-7-2-3-8-18-27)26-30-24(35-32-26)16-15-23(34)29-25(20-9-5-4-6-10-20)21-11-13-22(28)14-12-21/h4-6,9-14,25H,2-3,7-8,15-18H2,1H3,(H,29,34)(H,31,33). The zero-order valence-corrected chi connectivity index (χ0v) is 20.7. The van der Waals surface area contributed by atoms with Crippen LogP contribution in [0.5, 0.6) is 0 Å². The molecule has 0 spiro atoms. The van der Waals surface area contributed by atoms with Gasteiger partial charge in [0.2, 0.25) is 17.7 Å². The van der Waals surface area contributed by atoms with Crippen LogP contribution in [0.3, 0.4) is 0 Å². The summed E-state index contributed by atoms with van der Waals surface area (Å²) in [6.07, 6.45) is 6.33. The van der Waals surface area contributed by atoms with Crippen LogP contribution in [-0.2, 0) is 21.5 Å². The number of benzene rings is 2. The zero-order valence-electron chi connectivity index (χ0n) is 19.9. The van der Waals surface area contributed by atoms with Crippen molar-refractivity contribution in [3.63, 3.8) is 0 Å². The zero-order chi connectivity index (χ0) is 24.7. The van der Waals surface area contributed by atoms with Crippen LogP contribution in [0.4, 0.5) is 0 Å². The summed E-state index contributed by atoms with van der Waals surface area (Å²) in [6.45, 7) is 1.52. The predicted molar refractivity (Wildman–Crippen MR) is 134 cm³/mol. The van der Waals surface area contributed by atoms with Gasteiger partial charge in [-0.15, -0.1) is 0 Å². The first-order valence-electron chi connectivity index (χ1n) is 12.2. The van der Waals surface area contributed by atoms with E-state index in [0.717, 1.165) is 49.7 Å². The Morgan fingerprint density at radius 1 is 1.00 bits per heavy atom. The van der Waals surface area contributed by atoms with Crippen LogP contribution in [-0.4, -0.2) is 22.0 Å². The van der Waals surface area contributed by atoms with Crippen LogP contribution in [0, 0.1) is 0 Å². The SMILES string of the molecule is CC(=O)NC1(c2noc(CCC(=O)NC(c3ccccc3)c3ccc(Cl)cc3)n2)CCCCCC1. The lowest BCUT2D eigenvalue weighted by atomic mass is 9.89. The van der Waals surface area contributed by atoms with Crippen molar-refractivity contribution in [2.75, 3.05) is 0 Å². The van der Waals surface area contributed by atoms with E-state index < -0.39 is 5.54 Å². The molecule has 1 atom stereocenters. The highest BCUT2D eigenvalue weighted by Gasteiger charge is 2.38. The van der Waals surface area contributed by atoms with Gasteiger partial charge >= 0.3 is 0 Å². The third-order valence-corrected chi connectivity index (χ3v) is 6.73. The van der Waals surface area contributed by atoms with E-state index in [1.807, 2.05) is 54.6 Å². The van der Waals surface area contributed by atoms with Gasteiger partial charge < -0.3 is 15.2 Å². The molecule has 35 heavy (non-hydrogen) atoms. The average Bonchev–Trinajstić information content (AvgIpc) is 3.22. The number of aromatic nitrogens is 2. The van der Waals surface area contributed by atoms with Gasteiger partial charge in [-0.3, -0.25) is 9.59 Å². The van der Waals surface area contributed by atoms with E-state index in [1.165, 1.54) is 6.92 Å². The molecule has 4 rings (SSSR count). The quantitative estimate of drug-likeness (QED) is 0.417. The molecule has 1 fully saturated rings. The molecule has 1 heterocycles. The first-order valence-corrected chi connectivity index (χ1v) is 12.5. The summed E-state index contributed by atoms with van der Waals surface area (Å²) in [5.74, 6) is 0.673. The average molecular weight is 495 g/mol. The Balaban J connectivity index is 1.44. The maximum absolute atomic E-state index is 12.9. The van der Waals surface area contributed by atoms with Crippen LogP contribution >= 0.6 is 11.6 Å². The third kappa shape index (κ3) is 6.48. The maximum atomic E-state index is 12.9. The number of nitrogens with zero attached hydrogens (tertiary/aromatic N) is 2. The number of hydrogen-bond donors (Lipinski definition) is 2. The third-order valence-electron chi connectivity index (χ3n) is 6.48. The van der Waals surface area contributed by atoms with Gasteiger partial charge in [0.05, 0.1) is 6.04 Å². The van der Waals surface area contributed by atoms with E-state index in [9.17, 15) is 9.59 Å². The van der Waals surface area contributed by atoms with Crippen molar-refractivity contribution in [2.45, 2.75) is 69.9 Å². The molecule has 2 amide bonds. The van der Waals surface area contributed by atoms with E-state index in [-0.39, 0.29) is 24.3 Å². The molecule has 184 valence electrons. The number of amides is 2. The highest BCUT2D eigenvalue weighted by Crippen LogP contribution is 2.34. The fourth-order valence-corrected chi connectivity index (χ4v) is 4.86. The first kappa shape index (κ1) is 24.9. The largest absolute Gasteiger partial charge is 0.345 e. The van der Waals surface area contributed by atoms with Crippen LogP contribution in [0.2, 0.25) is 5.02 Å². The van der Waals surface area contributed by atoms with Crippen molar-refractivity contribution in [1.29, 1.82) is 0 Å². The predicted octanol–water partition coefficient (Wildman–Crippen LogP) is 5.25. The summed E-state index contributed by atoms with van der Waals surface area (Å²) in [6, 6.07) is 17.0. The Morgan fingerprint density at radius 2 is 1.66 bits per heavy atom. The lowest BCUT2D eigenvalue weighted by Crippen LogP contribution is -2.45. The second-order valence-electron chi connectivity index (χ2n) is 9.15. The van der Waals surface area contributed by atoms with Crippen molar-refractivity contribution < 1.29 is 14.1 Å². The lowest BCUT2D eigenvalue weighted by Gasteiger charge is -2.30. The molecule has 1 unspecified atom stereocenters. The van der Waals surface area contributed by atoms with Gasteiger partial charge in [-0.05, 0) is 36.1 Å². The van der Waals surface area contributed by atoms with Gasteiger partial charge in [-0.1, -0.05) is 84.9 Å². The molecule has 1 aliphatic carbocycles. The Bertz CT molecular complexity index is 1120. The maximum Gasteiger partial charge on any atom is 0.227 e. The molecule has 2 aromatic carbocycles. The Kier molecular flexibility index (Phi) is 8.18. The van der Waals surface area contributed by atoms with Crippen LogP contribution < -0.4 is 10.6 Å². The lowest BCUT2D eigenvalue weighted by molar-refractivity contribution is -0.122. The van der Waals surface area contributed by atoms with Gasteiger partial charge in [0.15, 0.2) is 5.82 Å². The highest BCUT2D eigenvalue weighted by molar-refractivity contribution is 6.30. The summed E-state index contributed by atoms with van der Waals surface area (Å²) in [4.78, 5) is 29.4. The van der Waals surface area contributed by atoms with Crippen LogP contribution in [0.15, 0.2) is 59.1 Å². The molecule has 1 saturated carbocycles. The van der Waals surface area contributed by atoms with Crippen molar-refractivity contribution in [1.82, 2.24) is 20.8 Å². The summed E-state index contributed by atoms with van der Waals surface area (Å²) >= 11 is 6.06. The molecule has 2 N–H and O–H groups in total.